The molecule has 0 amide bonds. The van der Waals surface area contributed by atoms with Gasteiger partial charge in [-0.3, -0.25) is 0 Å². The van der Waals surface area contributed by atoms with Crippen LogP contribution in [-0.2, 0) is 9.47 Å². The molecule has 1 heterocycles. The minimum absolute atomic E-state index is 0.168. The number of nitriles is 2. The summed E-state index contributed by atoms with van der Waals surface area (Å²) in [5.74, 6) is -0.442. The molecule has 0 spiro atoms. The Labute approximate surface area is 64.9 Å². The topological polar surface area (TPSA) is 66.0 Å². The highest BCUT2D eigenvalue weighted by molar-refractivity contribution is 4.92. The van der Waals surface area contributed by atoms with Crippen molar-refractivity contribution in [3.63, 3.8) is 0 Å². The summed E-state index contributed by atoms with van der Waals surface area (Å²) < 4.78 is 10.1. The zero-order chi connectivity index (χ0) is 8.10. The number of rotatable bonds is 2. The minimum Gasteiger partial charge on any atom is -0.349 e. The fraction of sp³-hybridized carbons (Fsp3) is 0.714. The van der Waals surface area contributed by atoms with Gasteiger partial charge in [-0.25, -0.2) is 0 Å². The Bertz CT molecular complexity index is 197. The number of nitrogens with zero attached hydrogens (tertiary/aromatic N) is 2. The first-order chi connectivity index (χ1) is 5.38. The monoisotopic (exact) mass is 152 g/mol. The molecule has 0 bridgehead atoms. The van der Waals surface area contributed by atoms with Gasteiger partial charge in [-0.1, -0.05) is 0 Å². The second-order valence-corrected chi connectivity index (χ2v) is 2.21. The average Bonchev–Trinajstić information content (AvgIpc) is 2.52. The van der Waals surface area contributed by atoms with E-state index in [2.05, 4.69) is 0 Å². The number of ether oxygens (including phenoxy) is 2. The van der Waals surface area contributed by atoms with Gasteiger partial charge in [0.25, 0.3) is 0 Å². The Kier molecular flexibility index (Phi) is 2.85. The maximum absolute atomic E-state index is 8.56. The molecule has 1 aliphatic heterocycles. The molecule has 0 aromatic heterocycles. The van der Waals surface area contributed by atoms with E-state index in [1.807, 2.05) is 12.1 Å². The minimum atomic E-state index is -0.486. The molecule has 11 heavy (non-hydrogen) atoms. The molecule has 0 aromatic rings. The van der Waals surface area contributed by atoms with E-state index in [0.29, 0.717) is 13.2 Å². The first-order valence-corrected chi connectivity index (χ1v) is 3.38. The molecule has 0 aromatic carbocycles. The summed E-state index contributed by atoms with van der Waals surface area (Å²) in [6.45, 7) is 1.04. The Morgan fingerprint density at radius 3 is 2.45 bits per heavy atom. The lowest BCUT2D eigenvalue weighted by molar-refractivity contribution is -0.0670. The highest BCUT2D eigenvalue weighted by Gasteiger charge is 2.26. The van der Waals surface area contributed by atoms with Crippen LogP contribution in [0.3, 0.4) is 0 Å². The van der Waals surface area contributed by atoms with Crippen LogP contribution in [0, 0.1) is 28.6 Å². The van der Waals surface area contributed by atoms with Gasteiger partial charge in [0.1, 0.15) is 5.92 Å². The fourth-order valence-electron chi connectivity index (χ4n) is 0.910. The molecule has 0 radical (unpaired) electrons. The zero-order valence-corrected chi connectivity index (χ0v) is 5.99. The molecule has 1 rings (SSSR count). The Hall–Kier alpha value is -1.10. The zero-order valence-electron chi connectivity index (χ0n) is 5.99. The molecule has 0 aliphatic carbocycles. The maximum Gasteiger partial charge on any atom is 0.174 e. The predicted molar refractivity (Wildman–Crippen MR) is 35.0 cm³/mol. The van der Waals surface area contributed by atoms with E-state index in [1.165, 1.54) is 0 Å². The molecular weight excluding hydrogens is 144 g/mol. The van der Waals surface area contributed by atoms with E-state index in [0.717, 1.165) is 0 Å². The molecule has 4 nitrogen and oxygen atoms in total. The highest BCUT2D eigenvalue weighted by atomic mass is 16.7. The van der Waals surface area contributed by atoms with Crippen molar-refractivity contribution in [1.82, 2.24) is 0 Å². The lowest BCUT2D eigenvalue weighted by Gasteiger charge is -2.11. The van der Waals surface area contributed by atoms with Crippen molar-refractivity contribution in [2.24, 2.45) is 5.92 Å². The van der Waals surface area contributed by atoms with Gasteiger partial charge in [-0.15, -0.1) is 0 Å². The van der Waals surface area contributed by atoms with Crippen molar-refractivity contribution in [2.75, 3.05) is 13.2 Å². The Morgan fingerprint density at radius 2 is 2.00 bits per heavy atom. The van der Waals surface area contributed by atoms with Crippen LogP contribution < -0.4 is 0 Å². The molecule has 1 fully saturated rings. The average molecular weight is 152 g/mol. The number of hydrogen-bond donors (Lipinski definition) is 0. The third kappa shape index (κ3) is 1.91. The van der Waals surface area contributed by atoms with Crippen LogP contribution in [0.2, 0.25) is 0 Å². The SMILES string of the molecule is N#CCC(C#N)C1OCCO1. The van der Waals surface area contributed by atoms with Gasteiger partial charge < -0.3 is 9.47 Å². The standard InChI is InChI=1S/C7H8N2O2/c8-2-1-6(5-9)7-10-3-4-11-7/h6-7H,1,3-4H2. The summed E-state index contributed by atoms with van der Waals surface area (Å²) in [5, 5.41) is 16.9. The maximum atomic E-state index is 8.56. The fourth-order valence-corrected chi connectivity index (χ4v) is 0.910. The summed E-state index contributed by atoms with van der Waals surface area (Å²) in [5.41, 5.74) is 0. The second-order valence-electron chi connectivity index (χ2n) is 2.21. The van der Waals surface area contributed by atoms with Crippen molar-refractivity contribution in [1.29, 1.82) is 10.5 Å². The van der Waals surface area contributed by atoms with E-state index >= 15 is 0 Å². The lowest BCUT2D eigenvalue weighted by atomic mass is 10.1. The van der Waals surface area contributed by atoms with Crippen molar-refractivity contribution in [3.8, 4) is 12.1 Å². The van der Waals surface area contributed by atoms with Gasteiger partial charge in [-0.05, 0) is 0 Å². The molecule has 1 aliphatic rings. The van der Waals surface area contributed by atoms with Crippen LogP contribution in [0.1, 0.15) is 6.42 Å². The number of hydrogen-bond acceptors (Lipinski definition) is 4. The molecule has 0 saturated carbocycles. The summed E-state index contributed by atoms with van der Waals surface area (Å²) in [6, 6.07) is 3.89. The molecule has 4 heteroatoms. The van der Waals surface area contributed by atoms with Crippen LogP contribution in [0.4, 0.5) is 0 Å². The van der Waals surface area contributed by atoms with Crippen molar-refractivity contribution < 1.29 is 9.47 Å². The van der Waals surface area contributed by atoms with Crippen molar-refractivity contribution in [2.45, 2.75) is 12.7 Å². The largest absolute Gasteiger partial charge is 0.349 e. The van der Waals surface area contributed by atoms with Gasteiger partial charge in [0.2, 0.25) is 0 Å². The van der Waals surface area contributed by atoms with E-state index in [1.54, 1.807) is 0 Å². The van der Waals surface area contributed by atoms with E-state index in [-0.39, 0.29) is 6.42 Å². The second kappa shape index (κ2) is 3.92. The highest BCUT2D eigenvalue weighted by Crippen LogP contribution is 2.16. The van der Waals surface area contributed by atoms with E-state index < -0.39 is 12.2 Å². The van der Waals surface area contributed by atoms with Crippen LogP contribution >= 0.6 is 0 Å². The van der Waals surface area contributed by atoms with Gasteiger partial charge in [0.05, 0.1) is 31.8 Å². The predicted octanol–water partition coefficient (Wildman–Crippen LogP) is 0.413. The normalized spacial score (nSPS) is 20.5. The summed E-state index contributed by atoms with van der Waals surface area (Å²) in [4.78, 5) is 0. The van der Waals surface area contributed by atoms with Crippen molar-refractivity contribution >= 4 is 0 Å². The smallest absolute Gasteiger partial charge is 0.174 e. The Balaban J connectivity index is 2.43. The van der Waals surface area contributed by atoms with Crippen LogP contribution in [0.5, 0.6) is 0 Å². The van der Waals surface area contributed by atoms with Gasteiger partial charge in [-0.2, -0.15) is 10.5 Å². The lowest BCUT2D eigenvalue weighted by Crippen LogP contribution is -2.19. The quantitative estimate of drug-likeness (QED) is 0.574. The van der Waals surface area contributed by atoms with Crippen LogP contribution in [-0.4, -0.2) is 19.5 Å². The summed E-state index contributed by atoms with van der Waals surface area (Å²) >= 11 is 0. The first kappa shape index (κ1) is 8.00. The molecule has 58 valence electrons. The van der Waals surface area contributed by atoms with E-state index in [9.17, 15) is 0 Å². The summed E-state index contributed by atoms with van der Waals surface area (Å²) in [6.07, 6.45) is -0.319. The third-order valence-corrected chi connectivity index (χ3v) is 1.45. The molecular formula is C7H8N2O2. The van der Waals surface area contributed by atoms with Crippen LogP contribution in [0.25, 0.3) is 0 Å². The first-order valence-electron chi connectivity index (χ1n) is 3.38. The molecule has 1 atom stereocenters. The Morgan fingerprint density at radius 1 is 1.36 bits per heavy atom. The van der Waals surface area contributed by atoms with Crippen molar-refractivity contribution in [3.05, 3.63) is 0 Å². The molecule has 1 unspecified atom stereocenters. The molecule has 0 N–H and O–H groups in total. The van der Waals surface area contributed by atoms with Gasteiger partial charge in [0, 0.05) is 0 Å². The summed E-state index contributed by atoms with van der Waals surface area (Å²) in [7, 11) is 0. The van der Waals surface area contributed by atoms with Gasteiger partial charge in [0.15, 0.2) is 6.29 Å². The third-order valence-electron chi connectivity index (χ3n) is 1.45. The molecule has 1 saturated heterocycles. The van der Waals surface area contributed by atoms with Gasteiger partial charge >= 0.3 is 0 Å². The van der Waals surface area contributed by atoms with E-state index in [4.69, 9.17) is 20.0 Å². The van der Waals surface area contributed by atoms with Crippen LogP contribution in [0.15, 0.2) is 0 Å².